The van der Waals surface area contributed by atoms with Gasteiger partial charge in [-0.1, -0.05) is 0 Å². The minimum absolute atomic E-state index is 1.21. The summed E-state index contributed by atoms with van der Waals surface area (Å²) in [6.45, 7) is -0.0230. The van der Waals surface area contributed by atoms with Crippen molar-refractivity contribution in [1.29, 1.82) is 0 Å². The summed E-state index contributed by atoms with van der Waals surface area (Å²) in [5.41, 5.74) is 1.21. The summed E-state index contributed by atoms with van der Waals surface area (Å²) >= 11 is 10.7. The molecule has 4 aromatic rings. The van der Waals surface area contributed by atoms with E-state index in [9.17, 15) is 0 Å². The zero-order valence-corrected chi connectivity index (χ0v) is 21.0. The third-order valence-corrected chi connectivity index (χ3v) is 15.3. The summed E-state index contributed by atoms with van der Waals surface area (Å²) in [5.74, 6) is 0. The molecule has 150 valence electrons. The summed E-state index contributed by atoms with van der Waals surface area (Å²) in [7, 11) is 0. The van der Waals surface area contributed by atoms with Crippen LogP contribution in [0, 0.1) is 0 Å². The SMILES string of the molecule is CP(Cl)(=[Se])C(c1ccccc1)=P(c1ccccc1)(c1ccccc1)c1ccccc1. The molecule has 0 aromatic heterocycles. The van der Waals surface area contributed by atoms with Crippen molar-refractivity contribution in [2.45, 2.75) is 0 Å². The van der Waals surface area contributed by atoms with E-state index < -0.39 is 11.7 Å². The molecule has 1 unspecified atom stereocenters. The van der Waals surface area contributed by atoms with Crippen molar-refractivity contribution in [1.82, 2.24) is 0 Å². The summed E-state index contributed by atoms with van der Waals surface area (Å²) in [5, 5.41) is 5.30. The van der Waals surface area contributed by atoms with Crippen molar-refractivity contribution in [2.24, 2.45) is 0 Å². The topological polar surface area (TPSA) is 0 Å². The number of rotatable bonds is 5. The molecule has 0 saturated carbocycles. The van der Waals surface area contributed by atoms with Crippen LogP contribution in [0.3, 0.4) is 0 Å². The molecule has 0 aliphatic carbocycles. The zero-order chi connectivity index (χ0) is 21.0. The van der Waals surface area contributed by atoms with Gasteiger partial charge in [-0.25, -0.2) is 0 Å². The number of benzene rings is 4. The molecule has 4 heteroatoms. The summed E-state index contributed by atoms with van der Waals surface area (Å²) in [6, 6.07) is 43.4. The van der Waals surface area contributed by atoms with Gasteiger partial charge in [-0.2, -0.15) is 0 Å². The second-order valence-electron chi connectivity index (χ2n) is 7.19. The molecule has 30 heavy (non-hydrogen) atoms. The van der Waals surface area contributed by atoms with Gasteiger partial charge < -0.3 is 0 Å². The quantitative estimate of drug-likeness (QED) is 0.226. The fourth-order valence-electron chi connectivity index (χ4n) is 4.05. The maximum absolute atomic E-state index is 7.31. The molecule has 0 aliphatic rings. The van der Waals surface area contributed by atoms with Crippen molar-refractivity contribution in [3.8, 4) is 0 Å². The molecule has 4 rings (SSSR count). The molecule has 0 heterocycles. The Bertz CT molecular complexity index is 1110. The first-order valence-corrected chi connectivity index (χ1v) is 17.0. The van der Waals surface area contributed by atoms with Crippen LogP contribution in [-0.4, -0.2) is 26.8 Å². The van der Waals surface area contributed by atoms with E-state index in [1.165, 1.54) is 26.5 Å². The van der Waals surface area contributed by atoms with Crippen LogP contribution in [0.2, 0.25) is 0 Å². The molecule has 0 bridgehead atoms. The first-order chi connectivity index (χ1) is 14.5. The van der Waals surface area contributed by atoms with Crippen LogP contribution in [0.1, 0.15) is 5.56 Å². The molecule has 0 N–H and O–H groups in total. The third kappa shape index (κ3) is 4.11. The van der Waals surface area contributed by atoms with Gasteiger partial charge in [0.05, 0.1) is 0 Å². The first kappa shape index (κ1) is 21.6. The minimum atomic E-state index is -2.20. The molecule has 0 radical (unpaired) electrons. The maximum atomic E-state index is 7.31. The summed E-state index contributed by atoms with van der Waals surface area (Å²) < 4.78 is 0. The van der Waals surface area contributed by atoms with E-state index in [0.29, 0.717) is 0 Å². The Morgan fingerprint density at radius 1 is 0.567 bits per heavy atom. The number of halogens is 1. The molecule has 0 saturated heterocycles. The van der Waals surface area contributed by atoms with E-state index in [1.54, 1.807) is 0 Å². The van der Waals surface area contributed by atoms with Crippen molar-refractivity contribution in [2.75, 3.05) is 6.66 Å². The number of hydrogen-bond acceptors (Lipinski definition) is 0. The molecule has 0 spiro atoms. The molecule has 0 amide bonds. The van der Waals surface area contributed by atoms with Gasteiger partial charge >= 0.3 is 193 Å². The van der Waals surface area contributed by atoms with Crippen molar-refractivity contribution >= 4 is 59.0 Å². The van der Waals surface area contributed by atoms with Gasteiger partial charge in [0.2, 0.25) is 0 Å². The van der Waals surface area contributed by atoms with Gasteiger partial charge in [0, 0.05) is 0 Å². The molecule has 0 nitrogen and oxygen atoms in total. The molecule has 4 aromatic carbocycles. The first-order valence-electron chi connectivity index (χ1n) is 9.81. The van der Waals surface area contributed by atoms with Crippen LogP contribution < -0.4 is 15.9 Å². The van der Waals surface area contributed by atoms with E-state index in [0.717, 1.165) is 0 Å². The average molecular weight is 512 g/mol. The van der Waals surface area contributed by atoms with Crippen molar-refractivity contribution < 1.29 is 0 Å². The normalized spacial score (nSPS) is 13.4. The Morgan fingerprint density at radius 3 is 1.17 bits per heavy atom. The van der Waals surface area contributed by atoms with E-state index in [4.69, 9.17) is 11.2 Å². The molecular formula is C26H23ClP2Se. The Labute approximate surface area is 191 Å². The van der Waals surface area contributed by atoms with Crippen LogP contribution in [-0.2, 0) is 0 Å². The van der Waals surface area contributed by atoms with E-state index >= 15 is 0 Å². The van der Waals surface area contributed by atoms with E-state index in [-0.39, 0.29) is 0 Å². The second kappa shape index (κ2) is 9.28. The predicted molar refractivity (Wildman–Crippen MR) is 140 cm³/mol. The van der Waals surface area contributed by atoms with Crippen LogP contribution in [0.4, 0.5) is 0 Å². The Hall–Kier alpha value is -1.58. The van der Waals surface area contributed by atoms with Gasteiger partial charge in [0.15, 0.2) is 0 Å². The zero-order valence-electron chi connectivity index (χ0n) is 16.7. The van der Waals surface area contributed by atoms with Crippen LogP contribution in [0.5, 0.6) is 0 Å². The molecular weight excluding hydrogens is 489 g/mol. The molecule has 0 fully saturated rings. The van der Waals surface area contributed by atoms with Crippen LogP contribution in [0.25, 0.3) is 0 Å². The fourth-order valence-corrected chi connectivity index (χ4v) is 16.2. The van der Waals surface area contributed by atoms with Gasteiger partial charge in [-0.15, -0.1) is 0 Å². The Morgan fingerprint density at radius 2 is 0.867 bits per heavy atom. The van der Waals surface area contributed by atoms with E-state index in [1.807, 2.05) is 0 Å². The van der Waals surface area contributed by atoms with E-state index in [2.05, 4.69) is 143 Å². The monoisotopic (exact) mass is 512 g/mol. The standard InChI is InChI=1S/C26H23ClP2Se/c1-28(27,30)26(22-14-6-2-7-15-22)29(23-16-8-3-9-17-23,24-18-10-4-11-19-24)25-20-12-5-13-21-25/h2-21H,1H3. The Balaban J connectivity index is 2.35. The van der Waals surface area contributed by atoms with Crippen LogP contribution in [0.15, 0.2) is 121 Å². The van der Waals surface area contributed by atoms with Gasteiger partial charge in [-0.3, -0.25) is 0 Å². The van der Waals surface area contributed by atoms with Crippen LogP contribution >= 0.6 is 23.0 Å². The van der Waals surface area contributed by atoms with Gasteiger partial charge in [0.1, 0.15) is 0 Å². The summed E-state index contributed by atoms with van der Waals surface area (Å²) in [6.07, 6.45) is 0. The number of hydrogen-bond donors (Lipinski definition) is 0. The molecule has 0 aliphatic heterocycles. The predicted octanol–water partition coefficient (Wildman–Crippen LogP) is 6.04. The average Bonchev–Trinajstić information content (AvgIpc) is 2.79. The van der Waals surface area contributed by atoms with Crippen molar-refractivity contribution in [3.05, 3.63) is 127 Å². The van der Waals surface area contributed by atoms with Gasteiger partial charge in [-0.05, 0) is 0 Å². The molecule has 1 atom stereocenters. The van der Waals surface area contributed by atoms with Gasteiger partial charge in [0.25, 0.3) is 0 Å². The Kier molecular flexibility index (Phi) is 6.69. The van der Waals surface area contributed by atoms with Crippen molar-refractivity contribution in [3.63, 3.8) is 0 Å². The summed E-state index contributed by atoms with van der Waals surface area (Å²) in [4.78, 5) is -2.05. The second-order valence-corrected chi connectivity index (χ2v) is 21.0. The third-order valence-electron chi connectivity index (χ3n) is 5.16. The fraction of sp³-hybridized carbons (Fsp3) is 0.0385.